The maximum atomic E-state index is 11.0. The number of hydrogen-bond acceptors (Lipinski definition) is 2. The number of nitrogens with zero attached hydrogens (tertiary/aromatic N) is 1. The molecule has 2 nitrogen and oxygen atoms in total. The van der Waals surface area contributed by atoms with E-state index in [1.807, 2.05) is 24.3 Å². The number of rotatable bonds is 0. The second-order valence-electron chi connectivity index (χ2n) is 2.02. The molecule has 51 valence electrons. The van der Waals surface area contributed by atoms with Gasteiger partial charge in [0.15, 0.2) is 0 Å². The van der Waals surface area contributed by atoms with Crippen molar-refractivity contribution >= 4 is 50.6 Å². The topological polar surface area (TPSA) is 36.0 Å². The van der Waals surface area contributed by atoms with Gasteiger partial charge in [0, 0.05) is 35.6 Å². The molecule has 0 N–H and O–H groups in total. The van der Waals surface area contributed by atoms with Crippen LogP contribution in [0.4, 0.5) is 0 Å². The van der Waals surface area contributed by atoms with Crippen molar-refractivity contribution < 1.29 is 4.55 Å². The third kappa shape index (κ3) is 1.63. The Morgan fingerprint density at radius 3 is 2.73 bits per heavy atom. The molecule has 0 aliphatic heterocycles. The Balaban J connectivity index is 0.000000605. The monoisotopic (exact) mass is 174 g/mol. The molecule has 0 amide bonds. The summed E-state index contributed by atoms with van der Waals surface area (Å²) in [6.07, 6.45) is 1.64. The molecule has 1 heterocycles. The van der Waals surface area contributed by atoms with Crippen molar-refractivity contribution in [2.75, 3.05) is 0 Å². The summed E-state index contributed by atoms with van der Waals surface area (Å²) in [7, 11) is -1.13. The van der Waals surface area contributed by atoms with Gasteiger partial charge in [-0.1, -0.05) is 12.1 Å². The minimum Gasteiger partial charge on any atom is -0.568 e. The van der Waals surface area contributed by atoms with Crippen LogP contribution < -0.4 is 0 Å². The van der Waals surface area contributed by atoms with Crippen LogP contribution in [0.15, 0.2) is 30.5 Å². The molecule has 0 aliphatic rings. The zero-order valence-electron chi connectivity index (χ0n) is 6.15. The summed E-state index contributed by atoms with van der Waals surface area (Å²) >= 11 is 0. The third-order valence-corrected chi connectivity index (χ3v) is 2.44. The minimum atomic E-state index is -1.13. The third-order valence-electron chi connectivity index (χ3n) is 1.39. The SMILES string of the molecule is [Na].[O-][s+]1ncc2ccccc21. The van der Waals surface area contributed by atoms with Crippen LogP contribution in [0.5, 0.6) is 0 Å². The molecule has 4 heteroatoms. The van der Waals surface area contributed by atoms with E-state index in [2.05, 4.69) is 4.37 Å². The molecular weight excluding hydrogens is 169 g/mol. The van der Waals surface area contributed by atoms with Crippen molar-refractivity contribution in [1.29, 1.82) is 0 Å². The molecule has 1 aromatic heterocycles. The van der Waals surface area contributed by atoms with E-state index in [0.29, 0.717) is 0 Å². The van der Waals surface area contributed by atoms with Crippen molar-refractivity contribution in [3.63, 3.8) is 0 Å². The standard InChI is InChI=1S/C7H5NOS.Na/c9-10-7-4-2-1-3-6(7)5-8-10;/h1-5H;. The Bertz CT molecular complexity index is 360. The van der Waals surface area contributed by atoms with Gasteiger partial charge in [-0.15, -0.1) is 0 Å². The van der Waals surface area contributed by atoms with E-state index in [4.69, 9.17) is 0 Å². The fourth-order valence-electron chi connectivity index (χ4n) is 0.908. The van der Waals surface area contributed by atoms with Crippen molar-refractivity contribution in [3.05, 3.63) is 30.5 Å². The predicted octanol–water partition coefficient (Wildman–Crippen LogP) is 1.58. The Kier molecular flexibility index (Phi) is 3.04. The normalized spacial score (nSPS) is 11.2. The summed E-state index contributed by atoms with van der Waals surface area (Å²) in [5.74, 6) is 0. The van der Waals surface area contributed by atoms with E-state index >= 15 is 0 Å². The average molecular weight is 174 g/mol. The van der Waals surface area contributed by atoms with E-state index in [9.17, 15) is 4.55 Å². The summed E-state index contributed by atoms with van der Waals surface area (Å²) < 4.78 is 15.6. The van der Waals surface area contributed by atoms with Gasteiger partial charge in [0.1, 0.15) is 0 Å². The second kappa shape index (κ2) is 3.65. The quantitative estimate of drug-likeness (QED) is 0.449. The van der Waals surface area contributed by atoms with Crippen molar-refractivity contribution in [2.45, 2.75) is 0 Å². The number of fused-ring (bicyclic) bond motifs is 1. The van der Waals surface area contributed by atoms with Crippen LogP contribution in [0, 0.1) is 0 Å². The molecule has 2 rings (SSSR count). The molecule has 2 aromatic rings. The molecule has 11 heavy (non-hydrogen) atoms. The van der Waals surface area contributed by atoms with Crippen LogP contribution in [0.3, 0.4) is 0 Å². The molecule has 0 saturated heterocycles. The Morgan fingerprint density at radius 2 is 2.00 bits per heavy atom. The molecule has 1 atom stereocenters. The minimum absolute atomic E-state index is 0. The van der Waals surface area contributed by atoms with Crippen LogP contribution in [0.2, 0.25) is 0 Å². The van der Waals surface area contributed by atoms with E-state index in [0.717, 1.165) is 10.1 Å². The first-order chi connectivity index (χ1) is 4.88. The van der Waals surface area contributed by atoms with Gasteiger partial charge in [0.25, 0.3) is 0 Å². The fraction of sp³-hybridized carbons (Fsp3) is 0. The van der Waals surface area contributed by atoms with Gasteiger partial charge >= 0.3 is 0 Å². The van der Waals surface area contributed by atoms with Gasteiger partial charge in [0.2, 0.25) is 4.70 Å². The summed E-state index contributed by atoms with van der Waals surface area (Å²) in [5.41, 5.74) is 0. The van der Waals surface area contributed by atoms with Crippen molar-refractivity contribution in [1.82, 2.24) is 4.37 Å². The molecule has 0 saturated carbocycles. The zero-order chi connectivity index (χ0) is 6.97. The van der Waals surface area contributed by atoms with Gasteiger partial charge in [-0.05, 0) is 10.4 Å². The second-order valence-corrected chi connectivity index (χ2v) is 3.17. The first-order valence-electron chi connectivity index (χ1n) is 2.93. The molecule has 0 fully saturated rings. The first kappa shape index (κ1) is 9.16. The Labute approximate surface area is 89.5 Å². The average Bonchev–Trinajstić information content (AvgIpc) is 2.34. The van der Waals surface area contributed by atoms with Gasteiger partial charge in [-0.3, -0.25) is 0 Å². The molecule has 0 aliphatic carbocycles. The largest absolute Gasteiger partial charge is 0.568 e. The van der Waals surface area contributed by atoms with Crippen molar-refractivity contribution in [2.24, 2.45) is 0 Å². The predicted molar refractivity (Wildman–Crippen MR) is 46.2 cm³/mol. The molecule has 1 aromatic carbocycles. The Morgan fingerprint density at radius 1 is 1.27 bits per heavy atom. The number of benzene rings is 1. The fourth-order valence-corrected chi connectivity index (χ4v) is 1.75. The van der Waals surface area contributed by atoms with E-state index in [1.165, 1.54) is 0 Å². The molecule has 1 radical (unpaired) electrons. The van der Waals surface area contributed by atoms with Gasteiger partial charge in [-0.2, -0.15) is 0 Å². The van der Waals surface area contributed by atoms with Crippen LogP contribution in [-0.2, 0) is 0 Å². The molecular formula is C7H5NNaOS. The number of hydrogen-bond donors (Lipinski definition) is 0. The van der Waals surface area contributed by atoms with Crippen LogP contribution in [-0.4, -0.2) is 38.5 Å². The maximum absolute atomic E-state index is 11.0. The van der Waals surface area contributed by atoms with Crippen LogP contribution >= 0.6 is 10.9 Å². The first-order valence-corrected chi connectivity index (χ1v) is 4.03. The summed E-state index contributed by atoms with van der Waals surface area (Å²) in [6.45, 7) is 0. The van der Waals surface area contributed by atoms with E-state index < -0.39 is 10.9 Å². The van der Waals surface area contributed by atoms with Gasteiger partial charge < -0.3 is 4.55 Å². The van der Waals surface area contributed by atoms with E-state index in [1.54, 1.807) is 6.20 Å². The summed E-state index contributed by atoms with van der Waals surface area (Å²) in [6, 6.07) is 7.51. The maximum Gasteiger partial charge on any atom is 0.206 e. The number of aromatic nitrogens is 1. The summed E-state index contributed by atoms with van der Waals surface area (Å²) in [5, 5.41) is 0.973. The van der Waals surface area contributed by atoms with Gasteiger partial charge in [-0.25, -0.2) is 0 Å². The smallest absolute Gasteiger partial charge is 0.206 e. The van der Waals surface area contributed by atoms with Crippen LogP contribution in [0.1, 0.15) is 0 Å². The van der Waals surface area contributed by atoms with Crippen molar-refractivity contribution in [3.8, 4) is 0 Å². The molecule has 0 spiro atoms. The van der Waals surface area contributed by atoms with Crippen LogP contribution in [0.25, 0.3) is 10.1 Å². The van der Waals surface area contributed by atoms with Gasteiger partial charge in [0.05, 0.1) is 22.5 Å². The zero-order valence-corrected chi connectivity index (χ0v) is 8.97. The van der Waals surface area contributed by atoms with E-state index in [-0.39, 0.29) is 29.6 Å². The molecule has 0 bridgehead atoms. The summed E-state index contributed by atoms with van der Waals surface area (Å²) in [4.78, 5) is 0. The molecule has 1 unspecified atom stereocenters. The Hall–Kier alpha value is 0.0700.